The number of rotatable bonds is 6. The molecule has 0 aliphatic heterocycles. The fourth-order valence-electron chi connectivity index (χ4n) is 1.99. The van der Waals surface area contributed by atoms with Crippen LogP contribution in [0.3, 0.4) is 0 Å². The molecule has 0 atom stereocenters. The monoisotopic (exact) mass is 530 g/mol. The minimum absolute atomic E-state index is 0. The van der Waals surface area contributed by atoms with Crippen LogP contribution < -0.4 is 0 Å². The second kappa shape index (κ2) is 17.4. The Bertz CT molecular complexity index is 996. The zero-order valence-electron chi connectivity index (χ0n) is 19.2. The zero-order valence-corrected chi connectivity index (χ0v) is 20.5. The number of hydrogen-bond donors (Lipinski definition) is 2. The maximum Gasteiger partial charge on any atom is 3.00 e. The quantitative estimate of drug-likeness (QED) is 0.245. The van der Waals surface area contributed by atoms with E-state index in [0.717, 1.165) is 0 Å². The van der Waals surface area contributed by atoms with Crippen LogP contribution in [0.25, 0.3) is 0 Å². The van der Waals surface area contributed by atoms with E-state index in [1.54, 1.807) is 27.7 Å². The maximum absolute atomic E-state index is 10.4. The first-order valence-corrected chi connectivity index (χ1v) is 9.06. The summed E-state index contributed by atoms with van der Waals surface area (Å²) in [6.45, 7) is 6.61. The van der Waals surface area contributed by atoms with Gasteiger partial charge in [-0.05, 0) is 52.0 Å². The molecule has 0 aliphatic carbocycles. The topological polar surface area (TPSA) is 239 Å². The van der Waals surface area contributed by atoms with Gasteiger partial charge in [0.2, 0.25) is 0 Å². The molecule has 0 saturated heterocycles. The summed E-state index contributed by atoms with van der Waals surface area (Å²) in [5, 5.41) is 43.9. The van der Waals surface area contributed by atoms with Gasteiger partial charge in [0.25, 0.3) is 11.4 Å². The fourth-order valence-corrected chi connectivity index (χ4v) is 1.99. The van der Waals surface area contributed by atoms with Crippen LogP contribution >= 0.6 is 0 Å². The van der Waals surface area contributed by atoms with Crippen LogP contribution in [0.5, 0.6) is 0 Å². The van der Waals surface area contributed by atoms with Gasteiger partial charge in [0.1, 0.15) is 0 Å². The predicted molar refractivity (Wildman–Crippen MR) is 129 cm³/mol. The summed E-state index contributed by atoms with van der Waals surface area (Å²) in [5.41, 5.74) is 3.09. The second-order valence-electron chi connectivity index (χ2n) is 6.31. The van der Waals surface area contributed by atoms with Gasteiger partial charge >= 0.3 is 17.4 Å². The fraction of sp³-hybridized carbons (Fsp3) is 0.200. The molecule has 0 saturated carbocycles. The number of nitro groups is 2. The predicted octanol–water partition coefficient (Wildman–Crippen LogP) is 3.42. The van der Waals surface area contributed by atoms with Crippen LogP contribution in [0.15, 0.2) is 68.8 Å². The average Bonchev–Trinajstić information content (AvgIpc) is 2.78. The summed E-state index contributed by atoms with van der Waals surface area (Å²) >= 11 is 0. The molecule has 0 fully saturated rings. The number of hydrogen-bond acceptors (Lipinski definition) is 10. The molecule has 35 heavy (non-hydrogen) atoms. The largest absolute Gasteiger partial charge is 3.00 e. The molecule has 2 aromatic rings. The molecule has 0 unspecified atom stereocenters. The Morgan fingerprint density at radius 1 is 0.629 bits per heavy atom. The van der Waals surface area contributed by atoms with Gasteiger partial charge in [0.05, 0.1) is 44.1 Å². The van der Waals surface area contributed by atoms with Gasteiger partial charge in [-0.1, -0.05) is 10.3 Å². The first-order valence-electron chi connectivity index (χ1n) is 9.06. The van der Waals surface area contributed by atoms with Crippen LogP contribution in [0.2, 0.25) is 0 Å². The third-order valence-electron chi connectivity index (χ3n) is 4.06. The molecule has 0 spiro atoms. The van der Waals surface area contributed by atoms with Crippen LogP contribution in [-0.2, 0) is 17.4 Å². The van der Waals surface area contributed by atoms with Gasteiger partial charge in [-0.15, -0.1) is 0 Å². The summed E-state index contributed by atoms with van der Waals surface area (Å²) in [4.78, 5) is 28.1. The van der Waals surface area contributed by atoms with Crippen molar-refractivity contribution in [3.8, 4) is 0 Å². The number of nitrogens with zero attached hydrogens (tertiary/aromatic N) is 6. The third kappa shape index (κ3) is 12.1. The molecule has 187 valence electrons. The van der Waals surface area contributed by atoms with E-state index in [2.05, 4.69) is 20.3 Å². The molecule has 2 rings (SSSR count). The Morgan fingerprint density at radius 3 is 1.09 bits per heavy atom. The summed E-state index contributed by atoms with van der Waals surface area (Å²) < 4.78 is 0. The van der Waals surface area contributed by atoms with Crippen LogP contribution in [-0.4, -0.2) is 54.1 Å². The Labute approximate surface area is 211 Å². The minimum Gasteiger partial charge on any atom is -0.412 e. The smallest absolute Gasteiger partial charge is 0.412 e. The molecule has 1 radical (unpaired) electrons. The van der Waals surface area contributed by atoms with E-state index in [4.69, 9.17) is 10.4 Å². The normalized spacial score (nSPS) is 11.5. The molecule has 0 amide bonds. The third-order valence-corrected chi connectivity index (χ3v) is 4.06. The van der Waals surface area contributed by atoms with Crippen molar-refractivity contribution < 1.29 is 48.6 Å². The Morgan fingerprint density at radius 2 is 0.886 bits per heavy atom. The van der Waals surface area contributed by atoms with Gasteiger partial charge in [-0.25, -0.2) is 0 Å². The van der Waals surface area contributed by atoms with Crippen LogP contribution in [0, 0.1) is 20.2 Å². The van der Waals surface area contributed by atoms with Crippen molar-refractivity contribution >= 4 is 45.6 Å². The minimum atomic E-state index is -0.471. The number of benzene rings is 2. The van der Waals surface area contributed by atoms with E-state index in [-0.39, 0.29) is 39.7 Å². The van der Waals surface area contributed by atoms with Gasteiger partial charge in [-0.2, -0.15) is 0 Å². The van der Waals surface area contributed by atoms with Crippen molar-refractivity contribution in [2.24, 2.45) is 20.3 Å². The maximum atomic E-state index is 10.4. The van der Waals surface area contributed by atoms with Crippen molar-refractivity contribution in [2.75, 3.05) is 0 Å². The molecule has 15 heteroatoms. The first-order chi connectivity index (χ1) is 15.1. The molecule has 14 nitrogen and oxygen atoms in total. The molecular formula is C20H26CrN6O8+3. The van der Waals surface area contributed by atoms with E-state index >= 15 is 0 Å². The van der Waals surface area contributed by atoms with E-state index < -0.39 is 9.85 Å². The summed E-state index contributed by atoms with van der Waals surface area (Å²) in [6.07, 6.45) is 0. The van der Waals surface area contributed by atoms with E-state index in [0.29, 0.717) is 34.2 Å². The Kier molecular flexibility index (Phi) is 17.7. The van der Waals surface area contributed by atoms with Gasteiger partial charge < -0.3 is 21.4 Å². The van der Waals surface area contributed by atoms with Crippen LogP contribution in [0.1, 0.15) is 27.7 Å². The van der Waals surface area contributed by atoms with Crippen molar-refractivity contribution in [3.63, 3.8) is 0 Å². The van der Waals surface area contributed by atoms with Gasteiger partial charge in [0, 0.05) is 24.3 Å². The zero-order chi connectivity index (χ0) is 24.3. The molecule has 0 heterocycles. The Hall–Kier alpha value is -4.03. The molecule has 0 bridgehead atoms. The van der Waals surface area contributed by atoms with E-state index in [9.17, 15) is 20.2 Å². The molecule has 0 aromatic heterocycles. The number of nitro benzene ring substituents is 2. The van der Waals surface area contributed by atoms with Crippen molar-refractivity contribution in [2.45, 2.75) is 27.7 Å². The summed E-state index contributed by atoms with van der Waals surface area (Å²) in [5.74, 6) is 0. The van der Waals surface area contributed by atoms with E-state index in [1.807, 2.05) is 0 Å². The Balaban J connectivity index is -0.000000539. The standard InChI is InChI=1S/2C10H11N3O3.Cr.2H2O/c2*1-7(8(2)12-14)11-9-3-5-10(6-4-9)13(15)16;;;/h2*3-6,14H,1-2H3;;2*1H2/q;;+3;;/b2*11-7?,12-8-;;;. The van der Waals surface area contributed by atoms with Crippen molar-refractivity contribution in [1.82, 2.24) is 0 Å². The second-order valence-corrected chi connectivity index (χ2v) is 6.31. The van der Waals surface area contributed by atoms with Crippen molar-refractivity contribution in [1.29, 1.82) is 0 Å². The molecular weight excluding hydrogens is 504 g/mol. The number of aliphatic imine (C=N–C) groups is 2. The molecule has 0 aliphatic rings. The SMILES string of the molecule is CC(=Nc1ccc([N+](=O)[O-])cc1)/C(C)=N\O.CC(=Nc1ccc([N+](=O)[O-])cc1)/C(C)=N\O.O.O.[Cr+3]. The first kappa shape index (κ1) is 35.6. The van der Waals surface area contributed by atoms with E-state index in [1.165, 1.54) is 48.5 Å². The number of oxime groups is 2. The number of non-ortho nitro benzene ring substituents is 2. The molecule has 6 N–H and O–H groups in total. The van der Waals surface area contributed by atoms with Crippen molar-refractivity contribution in [3.05, 3.63) is 68.8 Å². The average molecular weight is 530 g/mol. The summed E-state index contributed by atoms with van der Waals surface area (Å²) in [7, 11) is 0. The summed E-state index contributed by atoms with van der Waals surface area (Å²) in [6, 6.07) is 11.6. The van der Waals surface area contributed by atoms with Crippen LogP contribution in [0.4, 0.5) is 22.7 Å². The molecule has 2 aromatic carbocycles. The van der Waals surface area contributed by atoms with Gasteiger partial charge in [-0.3, -0.25) is 30.2 Å². The van der Waals surface area contributed by atoms with Gasteiger partial charge in [0.15, 0.2) is 0 Å².